The van der Waals surface area contributed by atoms with Crippen LogP contribution in [0, 0.1) is 0 Å². The number of rotatable bonds is 7. The first kappa shape index (κ1) is 19.0. The van der Waals surface area contributed by atoms with Crippen LogP contribution in [-0.4, -0.2) is 35.7 Å². The van der Waals surface area contributed by atoms with Crippen LogP contribution in [0.1, 0.15) is 51.3 Å². The Morgan fingerprint density at radius 2 is 1.95 bits per heavy atom. The maximum absolute atomic E-state index is 12.2. The highest BCUT2D eigenvalue weighted by atomic mass is 32.1. The molecule has 1 rings (SSSR count). The lowest BCUT2D eigenvalue weighted by Crippen LogP contribution is -2.44. The monoisotopic (exact) mass is 326 g/mol. The van der Waals surface area contributed by atoms with Gasteiger partial charge in [-0.05, 0) is 53.2 Å². The quantitative estimate of drug-likeness (QED) is 0.769. The Balaban J connectivity index is 2.39. The third-order valence-corrected chi connectivity index (χ3v) is 4.38. The number of hydrogen-bond donors (Lipinski definition) is 1. The molecule has 0 aliphatic rings. The molecule has 0 aliphatic heterocycles. The number of thiophene rings is 1. The average molecular weight is 327 g/mol. The molecule has 1 amide bonds. The Hall–Kier alpha value is -1.07. The number of amides is 1. The predicted octanol–water partition coefficient (Wildman–Crippen LogP) is 4.05. The van der Waals surface area contributed by atoms with Crippen LogP contribution < -0.4 is 5.32 Å². The van der Waals surface area contributed by atoms with Gasteiger partial charge in [-0.15, -0.1) is 11.3 Å². The summed E-state index contributed by atoms with van der Waals surface area (Å²) in [6.45, 7) is 14.1. The molecule has 0 atom stereocenters. The van der Waals surface area contributed by atoms with Crippen molar-refractivity contribution in [2.45, 2.75) is 66.2 Å². The summed E-state index contributed by atoms with van der Waals surface area (Å²) >= 11 is 1.84. The first-order chi connectivity index (χ1) is 10.2. The molecule has 1 aromatic heterocycles. The predicted molar refractivity (Wildman–Crippen MR) is 93.5 cm³/mol. The third-order valence-electron chi connectivity index (χ3n) is 3.15. The second kappa shape index (κ2) is 8.53. The van der Waals surface area contributed by atoms with Crippen molar-refractivity contribution < 1.29 is 9.53 Å². The van der Waals surface area contributed by atoms with E-state index in [9.17, 15) is 4.79 Å². The minimum atomic E-state index is -0.453. The van der Waals surface area contributed by atoms with Crippen molar-refractivity contribution in [3.63, 3.8) is 0 Å². The van der Waals surface area contributed by atoms with Gasteiger partial charge in [-0.3, -0.25) is 0 Å². The van der Waals surface area contributed by atoms with E-state index in [1.807, 2.05) is 46.0 Å². The van der Waals surface area contributed by atoms with Crippen LogP contribution in [0.15, 0.2) is 12.1 Å². The second-order valence-electron chi connectivity index (χ2n) is 6.67. The first-order valence-electron chi connectivity index (χ1n) is 8.01. The number of hydrogen-bond acceptors (Lipinski definition) is 4. The fourth-order valence-electron chi connectivity index (χ4n) is 2.00. The van der Waals surface area contributed by atoms with E-state index in [-0.39, 0.29) is 12.1 Å². The van der Waals surface area contributed by atoms with Crippen LogP contribution in [0.25, 0.3) is 0 Å². The lowest BCUT2D eigenvalue weighted by molar-refractivity contribution is 0.0193. The van der Waals surface area contributed by atoms with E-state index in [4.69, 9.17) is 4.74 Å². The molecule has 0 saturated heterocycles. The Morgan fingerprint density at radius 3 is 2.45 bits per heavy atom. The Labute approximate surface area is 138 Å². The number of nitrogens with zero attached hydrogens (tertiary/aromatic N) is 1. The summed E-state index contributed by atoms with van der Waals surface area (Å²) in [5.41, 5.74) is -0.453. The van der Waals surface area contributed by atoms with Crippen LogP contribution in [0.5, 0.6) is 0 Å². The summed E-state index contributed by atoms with van der Waals surface area (Å²) in [5, 5.41) is 3.40. The smallest absolute Gasteiger partial charge is 0.410 e. The zero-order valence-corrected chi connectivity index (χ0v) is 15.5. The number of carbonyl (C=O) groups excluding carboxylic acids is 1. The van der Waals surface area contributed by atoms with Crippen LogP contribution in [-0.2, 0) is 17.7 Å². The molecule has 1 heterocycles. The molecule has 0 bridgehead atoms. The maximum atomic E-state index is 12.2. The van der Waals surface area contributed by atoms with Gasteiger partial charge in [-0.25, -0.2) is 4.79 Å². The van der Waals surface area contributed by atoms with Crippen LogP contribution >= 0.6 is 11.3 Å². The topological polar surface area (TPSA) is 41.6 Å². The van der Waals surface area contributed by atoms with Crippen LogP contribution in [0.2, 0.25) is 0 Å². The van der Waals surface area contributed by atoms with Crippen LogP contribution in [0.4, 0.5) is 4.79 Å². The molecule has 0 aromatic carbocycles. The number of carbonyl (C=O) groups is 1. The largest absolute Gasteiger partial charge is 0.444 e. The summed E-state index contributed by atoms with van der Waals surface area (Å²) in [5.74, 6) is 0. The Bertz CT molecular complexity index is 463. The van der Waals surface area contributed by atoms with E-state index in [1.54, 1.807) is 4.90 Å². The lowest BCUT2D eigenvalue weighted by atomic mass is 10.2. The molecular formula is C17H30N2O2S. The fourth-order valence-corrected chi connectivity index (χ4v) is 2.93. The summed E-state index contributed by atoms with van der Waals surface area (Å²) in [4.78, 5) is 16.7. The summed E-state index contributed by atoms with van der Waals surface area (Å²) in [6.07, 6.45) is 0.846. The van der Waals surface area contributed by atoms with Crippen molar-refractivity contribution in [2.24, 2.45) is 0 Å². The van der Waals surface area contributed by atoms with Gasteiger partial charge < -0.3 is 15.0 Å². The van der Waals surface area contributed by atoms with E-state index in [1.165, 1.54) is 9.75 Å². The minimum absolute atomic E-state index is 0.130. The highest BCUT2D eigenvalue weighted by Crippen LogP contribution is 2.16. The normalized spacial score (nSPS) is 11.8. The van der Waals surface area contributed by atoms with E-state index in [0.29, 0.717) is 6.54 Å². The molecule has 22 heavy (non-hydrogen) atoms. The summed E-state index contributed by atoms with van der Waals surface area (Å²) in [7, 11) is 0. The third kappa shape index (κ3) is 6.79. The minimum Gasteiger partial charge on any atom is -0.444 e. The van der Waals surface area contributed by atoms with Gasteiger partial charge in [0.1, 0.15) is 5.60 Å². The number of nitrogens with one attached hydrogen (secondary N) is 1. The van der Waals surface area contributed by atoms with Crippen LogP contribution in [0.3, 0.4) is 0 Å². The average Bonchev–Trinajstić information content (AvgIpc) is 2.83. The maximum Gasteiger partial charge on any atom is 0.410 e. The van der Waals surface area contributed by atoms with Crippen molar-refractivity contribution in [3.8, 4) is 0 Å². The summed E-state index contributed by atoms with van der Waals surface area (Å²) in [6, 6.07) is 4.48. The molecule has 0 spiro atoms. The zero-order chi connectivity index (χ0) is 16.8. The molecule has 1 aromatic rings. The molecular weight excluding hydrogens is 296 g/mol. The number of aryl methyl sites for hydroxylation is 1. The lowest BCUT2D eigenvalue weighted by Gasteiger charge is -2.30. The molecule has 0 radical (unpaired) electrons. The summed E-state index contributed by atoms with van der Waals surface area (Å²) < 4.78 is 5.46. The second-order valence-corrected chi connectivity index (χ2v) is 7.92. The Kier molecular flexibility index (Phi) is 7.36. The molecule has 0 unspecified atom stereocenters. The number of ether oxygens (including phenoxy) is 1. The van der Waals surface area contributed by atoms with Crippen molar-refractivity contribution in [1.29, 1.82) is 0 Å². The Morgan fingerprint density at radius 1 is 1.32 bits per heavy atom. The van der Waals surface area contributed by atoms with E-state index >= 15 is 0 Å². The highest BCUT2D eigenvalue weighted by Gasteiger charge is 2.23. The molecule has 0 aliphatic carbocycles. The van der Waals surface area contributed by atoms with E-state index in [0.717, 1.165) is 19.5 Å². The van der Waals surface area contributed by atoms with Crippen molar-refractivity contribution in [1.82, 2.24) is 10.2 Å². The SMILES string of the molecule is CCc1ccc(CNCCN(C(=O)OC(C)(C)C)C(C)C)s1. The molecule has 126 valence electrons. The van der Waals surface area contributed by atoms with Gasteiger partial charge in [0.15, 0.2) is 0 Å². The molecule has 0 saturated carbocycles. The van der Waals surface area contributed by atoms with Gasteiger partial charge in [-0.2, -0.15) is 0 Å². The highest BCUT2D eigenvalue weighted by molar-refractivity contribution is 7.11. The van der Waals surface area contributed by atoms with Gasteiger partial charge in [0.25, 0.3) is 0 Å². The van der Waals surface area contributed by atoms with Gasteiger partial charge in [0.2, 0.25) is 0 Å². The van der Waals surface area contributed by atoms with Crippen molar-refractivity contribution in [3.05, 3.63) is 21.9 Å². The first-order valence-corrected chi connectivity index (χ1v) is 8.82. The molecule has 4 nitrogen and oxygen atoms in total. The fraction of sp³-hybridized carbons (Fsp3) is 0.706. The van der Waals surface area contributed by atoms with Gasteiger partial charge >= 0.3 is 6.09 Å². The van der Waals surface area contributed by atoms with Gasteiger partial charge in [-0.1, -0.05) is 6.92 Å². The van der Waals surface area contributed by atoms with Gasteiger partial charge in [0, 0.05) is 35.4 Å². The zero-order valence-electron chi connectivity index (χ0n) is 14.7. The van der Waals surface area contributed by atoms with Crippen molar-refractivity contribution in [2.75, 3.05) is 13.1 Å². The standard InChI is InChI=1S/C17H30N2O2S/c1-7-14-8-9-15(22-14)12-18-10-11-19(13(2)3)16(20)21-17(4,5)6/h8-9,13,18H,7,10-12H2,1-6H3. The molecule has 0 fully saturated rings. The molecule has 5 heteroatoms. The van der Waals surface area contributed by atoms with E-state index in [2.05, 4.69) is 24.4 Å². The van der Waals surface area contributed by atoms with Gasteiger partial charge in [0.05, 0.1) is 0 Å². The van der Waals surface area contributed by atoms with E-state index < -0.39 is 5.60 Å². The van der Waals surface area contributed by atoms with Crippen molar-refractivity contribution >= 4 is 17.4 Å². The molecule has 1 N–H and O–H groups in total.